The Morgan fingerprint density at radius 3 is 2.79 bits per heavy atom. The molecule has 2 rings (SSSR count). The lowest BCUT2D eigenvalue weighted by atomic mass is 10.0. The molecule has 0 bridgehead atoms. The van der Waals surface area contributed by atoms with Crippen molar-refractivity contribution in [3.63, 3.8) is 0 Å². The normalized spacial score (nSPS) is 15.3. The van der Waals surface area contributed by atoms with Gasteiger partial charge in [0.15, 0.2) is 0 Å². The Labute approximate surface area is 86.0 Å². The minimum Gasteiger partial charge on any atom is -0.0842 e. The molecule has 0 heteroatoms. The molecule has 72 valence electrons. The molecule has 0 amide bonds. The van der Waals surface area contributed by atoms with Gasteiger partial charge in [-0.3, -0.25) is 0 Å². The average molecular weight is 184 g/mol. The number of benzene rings is 1. The smallest absolute Gasteiger partial charge is 0.00170 e. The van der Waals surface area contributed by atoms with E-state index in [1.807, 2.05) is 0 Å². The fourth-order valence-electron chi connectivity index (χ4n) is 2.10. The molecule has 0 aliphatic heterocycles. The summed E-state index contributed by atoms with van der Waals surface area (Å²) in [5, 5.41) is 0. The first-order valence-electron chi connectivity index (χ1n) is 5.29. The first-order chi connectivity index (χ1) is 6.85. The van der Waals surface area contributed by atoms with Crippen molar-refractivity contribution in [3.05, 3.63) is 52.6 Å². The summed E-state index contributed by atoms with van der Waals surface area (Å²) in [6.45, 7) is 4.35. The SMILES string of the molecule is C/C=C(/CC)C1=Cc2ccccc2C1. The van der Waals surface area contributed by atoms with Crippen molar-refractivity contribution in [2.24, 2.45) is 0 Å². The second-order valence-electron chi connectivity index (χ2n) is 3.71. The summed E-state index contributed by atoms with van der Waals surface area (Å²) in [7, 11) is 0. The van der Waals surface area contributed by atoms with E-state index in [1.165, 1.54) is 22.3 Å². The van der Waals surface area contributed by atoms with Crippen LogP contribution in [0.2, 0.25) is 0 Å². The number of hydrogen-bond acceptors (Lipinski definition) is 0. The number of hydrogen-bond donors (Lipinski definition) is 0. The molecular formula is C14H16. The minimum absolute atomic E-state index is 1.11. The number of allylic oxidation sites excluding steroid dienone is 3. The standard InChI is InChI=1S/C14H16/c1-3-11(4-2)14-9-12-7-5-6-8-13(12)10-14/h3,5-9H,4,10H2,1-2H3/b11-3-. The fourth-order valence-corrected chi connectivity index (χ4v) is 2.10. The van der Waals surface area contributed by atoms with Gasteiger partial charge in [0.1, 0.15) is 0 Å². The van der Waals surface area contributed by atoms with E-state index in [-0.39, 0.29) is 0 Å². The third-order valence-corrected chi connectivity index (χ3v) is 2.91. The third kappa shape index (κ3) is 1.52. The minimum atomic E-state index is 1.11. The van der Waals surface area contributed by atoms with Crippen LogP contribution in [0.3, 0.4) is 0 Å². The van der Waals surface area contributed by atoms with Crippen molar-refractivity contribution >= 4 is 6.08 Å². The van der Waals surface area contributed by atoms with Gasteiger partial charge in [0.05, 0.1) is 0 Å². The van der Waals surface area contributed by atoms with Crippen LogP contribution in [0.4, 0.5) is 0 Å². The van der Waals surface area contributed by atoms with E-state index in [2.05, 4.69) is 50.3 Å². The summed E-state index contributed by atoms with van der Waals surface area (Å²) < 4.78 is 0. The molecule has 0 saturated heterocycles. The van der Waals surface area contributed by atoms with E-state index in [9.17, 15) is 0 Å². The molecule has 0 nitrogen and oxygen atoms in total. The summed E-state index contributed by atoms with van der Waals surface area (Å²) in [5.74, 6) is 0. The van der Waals surface area contributed by atoms with Crippen LogP contribution in [0, 0.1) is 0 Å². The Balaban J connectivity index is 2.32. The van der Waals surface area contributed by atoms with E-state index in [0.717, 1.165) is 12.8 Å². The van der Waals surface area contributed by atoms with Crippen molar-refractivity contribution < 1.29 is 0 Å². The van der Waals surface area contributed by atoms with Gasteiger partial charge < -0.3 is 0 Å². The molecule has 0 aromatic heterocycles. The van der Waals surface area contributed by atoms with Crippen molar-refractivity contribution in [1.29, 1.82) is 0 Å². The van der Waals surface area contributed by atoms with Crippen molar-refractivity contribution in [1.82, 2.24) is 0 Å². The molecule has 1 aliphatic rings. The molecule has 0 atom stereocenters. The maximum absolute atomic E-state index is 2.33. The molecule has 0 spiro atoms. The van der Waals surface area contributed by atoms with E-state index in [4.69, 9.17) is 0 Å². The maximum Gasteiger partial charge on any atom is -0.00170 e. The van der Waals surface area contributed by atoms with Crippen LogP contribution in [0.25, 0.3) is 6.08 Å². The highest BCUT2D eigenvalue weighted by molar-refractivity contribution is 5.68. The van der Waals surface area contributed by atoms with Crippen LogP contribution < -0.4 is 0 Å². The molecule has 0 N–H and O–H groups in total. The van der Waals surface area contributed by atoms with E-state index in [1.54, 1.807) is 0 Å². The Morgan fingerprint density at radius 1 is 1.36 bits per heavy atom. The van der Waals surface area contributed by atoms with Gasteiger partial charge in [-0.15, -0.1) is 0 Å². The summed E-state index contributed by atoms with van der Waals surface area (Å²) in [4.78, 5) is 0. The predicted molar refractivity (Wildman–Crippen MR) is 62.2 cm³/mol. The van der Waals surface area contributed by atoms with E-state index >= 15 is 0 Å². The maximum atomic E-state index is 2.33. The van der Waals surface area contributed by atoms with Gasteiger partial charge >= 0.3 is 0 Å². The van der Waals surface area contributed by atoms with Gasteiger partial charge in [-0.2, -0.15) is 0 Å². The second kappa shape index (κ2) is 3.83. The number of fused-ring (bicyclic) bond motifs is 1. The second-order valence-corrected chi connectivity index (χ2v) is 3.71. The lowest BCUT2D eigenvalue weighted by Crippen LogP contribution is -1.88. The molecule has 0 fully saturated rings. The van der Waals surface area contributed by atoms with Crippen LogP contribution in [0.1, 0.15) is 31.4 Å². The highest BCUT2D eigenvalue weighted by Crippen LogP contribution is 2.30. The van der Waals surface area contributed by atoms with Crippen molar-refractivity contribution in [2.45, 2.75) is 26.7 Å². The van der Waals surface area contributed by atoms with Gasteiger partial charge in [-0.05, 0) is 42.0 Å². The molecule has 1 aromatic carbocycles. The van der Waals surface area contributed by atoms with Gasteiger partial charge in [0.2, 0.25) is 0 Å². The summed E-state index contributed by atoms with van der Waals surface area (Å²) >= 11 is 0. The molecular weight excluding hydrogens is 168 g/mol. The zero-order valence-corrected chi connectivity index (χ0v) is 8.88. The topological polar surface area (TPSA) is 0 Å². The van der Waals surface area contributed by atoms with Crippen LogP contribution in [0.5, 0.6) is 0 Å². The van der Waals surface area contributed by atoms with Crippen LogP contribution in [-0.2, 0) is 6.42 Å². The van der Waals surface area contributed by atoms with Gasteiger partial charge in [0, 0.05) is 0 Å². The predicted octanol–water partition coefficient (Wildman–Crippen LogP) is 3.98. The number of rotatable bonds is 2. The van der Waals surface area contributed by atoms with Crippen molar-refractivity contribution in [3.8, 4) is 0 Å². The van der Waals surface area contributed by atoms with Gasteiger partial charge in [-0.1, -0.05) is 43.3 Å². The third-order valence-electron chi connectivity index (χ3n) is 2.91. The highest BCUT2D eigenvalue weighted by atomic mass is 14.2. The molecule has 1 aromatic rings. The average Bonchev–Trinajstić information content (AvgIpc) is 2.63. The zero-order valence-electron chi connectivity index (χ0n) is 8.88. The Bertz CT molecular complexity index is 394. The summed E-state index contributed by atoms with van der Waals surface area (Å²) in [6.07, 6.45) is 6.81. The molecule has 0 unspecified atom stereocenters. The summed E-state index contributed by atoms with van der Waals surface area (Å²) in [6, 6.07) is 8.66. The molecule has 0 radical (unpaired) electrons. The lowest BCUT2D eigenvalue weighted by Gasteiger charge is -2.04. The van der Waals surface area contributed by atoms with E-state index in [0.29, 0.717) is 0 Å². The fraction of sp³-hybridized carbons (Fsp3) is 0.286. The van der Waals surface area contributed by atoms with E-state index < -0.39 is 0 Å². The largest absolute Gasteiger partial charge is 0.0842 e. The molecule has 0 heterocycles. The molecule has 1 aliphatic carbocycles. The zero-order chi connectivity index (χ0) is 9.97. The first-order valence-corrected chi connectivity index (χ1v) is 5.29. The quantitative estimate of drug-likeness (QED) is 0.652. The first kappa shape index (κ1) is 9.26. The van der Waals surface area contributed by atoms with Crippen LogP contribution >= 0.6 is 0 Å². The molecule has 14 heavy (non-hydrogen) atoms. The van der Waals surface area contributed by atoms with Gasteiger partial charge in [-0.25, -0.2) is 0 Å². The summed E-state index contributed by atoms with van der Waals surface area (Å²) in [5.41, 5.74) is 5.85. The molecule has 0 saturated carbocycles. The Morgan fingerprint density at radius 2 is 2.14 bits per heavy atom. The lowest BCUT2D eigenvalue weighted by molar-refractivity contribution is 1.06. The van der Waals surface area contributed by atoms with Crippen LogP contribution in [0.15, 0.2) is 41.5 Å². The van der Waals surface area contributed by atoms with Gasteiger partial charge in [0.25, 0.3) is 0 Å². The Kier molecular flexibility index (Phi) is 2.53. The van der Waals surface area contributed by atoms with Crippen molar-refractivity contribution in [2.75, 3.05) is 0 Å². The van der Waals surface area contributed by atoms with Crippen LogP contribution in [-0.4, -0.2) is 0 Å². The highest BCUT2D eigenvalue weighted by Gasteiger charge is 2.13. The monoisotopic (exact) mass is 184 g/mol. The Hall–Kier alpha value is -1.30.